The van der Waals surface area contributed by atoms with E-state index >= 15 is 0 Å². The van der Waals surface area contributed by atoms with E-state index in [1.165, 1.54) is 0 Å². The maximum atomic E-state index is 12.8. The van der Waals surface area contributed by atoms with Gasteiger partial charge < -0.3 is 14.2 Å². The molecule has 3 aromatic carbocycles. The second kappa shape index (κ2) is 10.1. The predicted molar refractivity (Wildman–Crippen MR) is 133 cm³/mol. The fraction of sp³-hybridized carbons (Fsp3) is 0.310. The van der Waals surface area contributed by atoms with Gasteiger partial charge in [0.05, 0.1) is 18.2 Å². The summed E-state index contributed by atoms with van der Waals surface area (Å²) in [4.78, 5) is 25.4. The zero-order chi connectivity index (χ0) is 24.9. The van der Waals surface area contributed by atoms with Gasteiger partial charge in [-0.05, 0) is 82.1 Å². The second-order valence-corrected chi connectivity index (χ2v) is 9.65. The van der Waals surface area contributed by atoms with Gasteiger partial charge in [0.25, 0.3) is 0 Å². The molecular formula is C29H32O5. The summed E-state index contributed by atoms with van der Waals surface area (Å²) in [6.07, 6.45) is 0.341. The van der Waals surface area contributed by atoms with E-state index in [9.17, 15) is 9.59 Å². The van der Waals surface area contributed by atoms with E-state index in [4.69, 9.17) is 14.2 Å². The van der Waals surface area contributed by atoms with Crippen molar-refractivity contribution in [3.05, 3.63) is 89.5 Å². The number of benzene rings is 3. The van der Waals surface area contributed by atoms with Crippen molar-refractivity contribution in [1.82, 2.24) is 0 Å². The molecule has 3 aromatic rings. The molecule has 0 radical (unpaired) electrons. The SMILES string of the molecule is COc1ccc(-c2ccc(C(=O)OC(C)(C)CC(C)(C)OC(=O)c3ccc(C)cc3)cc2)cc1. The summed E-state index contributed by atoms with van der Waals surface area (Å²) in [6, 6.07) is 22.2. The number of hydrogen-bond acceptors (Lipinski definition) is 5. The lowest BCUT2D eigenvalue weighted by Crippen LogP contribution is -2.40. The molecule has 0 fully saturated rings. The van der Waals surface area contributed by atoms with Crippen LogP contribution in [-0.2, 0) is 9.47 Å². The molecule has 0 N–H and O–H groups in total. The molecule has 178 valence electrons. The van der Waals surface area contributed by atoms with Crippen LogP contribution in [0, 0.1) is 6.92 Å². The van der Waals surface area contributed by atoms with Crippen molar-refractivity contribution in [2.75, 3.05) is 7.11 Å². The quantitative estimate of drug-likeness (QED) is 0.353. The smallest absolute Gasteiger partial charge is 0.338 e. The third-order valence-corrected chi connectivity index (χ3v) is 5.42. The van der Waals surface area contributed by atoms with Gasteiger partial charge in [0.15, 0.2) is 0 Å². The molecule has 0 aliphatic rings. The highest BCUT2D eigenvalue weighted by Gasteiger charge is 2.35. The number of aryl methyl sites for hydroxylation is 1. The Morgan fingerprint density at radius 1 is 0.647 bits per heavy atom. The molecule has 0 aliphatic carbocycles. The van der Waals surface area contributed by atoms with Gasteiger partial charge in [-0.3, -0.25) is 0 Å². The fourth-order valence-corrected chi connectivity index (χ4v) is 3.99. The van der Waals surface area contributed by atoms with Crippen molar-refractivity contribution in [2.24, 2.45) is 0 Å². The lowest BCUT2D eigenvalue weighted by Gasteiger charge is -2.34. The average Bonchev–Trinajstić information content (AvgIpc) is 2.78. The molecule has 0 unspecified atom stereocenters. The Bertz CT molecular complexity index is 1120. The van der Waals surface area contributed by atoms with E-state index in [0.717, 1.165) is 22.4 Å². The van der Waals surface area contributed by atoms with Gasteiger partial charge in [-0.25, -0.2) is 9.59 Å². The van der Waals surface area contributed by atoms with Crippen molar-refractivity contribution in [3.8, 4) is 16.9 Å². The van der Waals surface area contributed by atoms with Crippen LogP contribution in [0.3, 0.4) is 0 Å². The van der Waals surface area contributed by atoms with Gasteiger partial charge in [-0.15, -0.1) is 0 Å². The van der Waals surface area contributed by atoms with Crippen LogP contribution in [0.25, 0.3) is 11.1 Å². The molecule has 3 rings (SSSR count). The largest absolute Gasteiger partial charge is 0.497 e. The Balaban J connectivity index is 1.62. The molecule has 0 saturated heterocycles. The number of methoxy groups -OCH3 is 1. The summed E-state index contributed by atoms with van der Waals surface area (Å²) in [6.45, 7) is 9.23. The summed E-state index contributed by atoms with van der Waals surface area (Å²) in [5, 5.41) is 0. The van der Waals surface area contributed by atoms with Crippen molar-refractivity contribution in [3.63, 3.8) is 0 Å². The van der Waals surface area contributed by atoms with Gasteiger partial charge in [0.2, 0.25) is 0 Å². The highest BCUT2D eigenvalue weighted by Crippen LogP contribution is 2.29. The first-order chi connectivity index (χ1) is 16.0. The second-order valence-electron chi connectivity index (χ2n) is 9.65. The third kappa shape index (κ3) is 6.70. The first kappa shape index (κ1) is 25.0. The zero-order valence-corrected chi connectivity index (χ0v) is 20.7. The number of rotatable bonds is 8. The van der Waals surface area contributed by atoms with Crippen LogP contribution in [-0.4, -0.2) is 30.3 Å². The number of esters is 2. The minimum atomic E-state index is -0.844. The van der Waals surface area contributed by atoms with Crippen LogP contribution < -0.4 is 4.74 Å². The van der Waals surface area contributed by atoms with Gasteiger partial charge in [-0.1, -0.05) is 42.0 Å². The lowest BCUT2D eigenvalue weighted by atomic mass is 9.91. The normalized spacial score (nSPS) is 11.6. The van der Waals surface area contributed by atoms with Crippen molar-refractivity contribution in [1.29, 1.82) is 0 Å². The molecule has 0 bridgehead atoms. The molecule has 34 heavy (non-hydrogen) atoms. The monoisotopic (exact) mass is 460 g/mol. The molecule has 0 saturated carbocycles. The Labute approximate surface area is 201 Å². The molecule has 5 nitrogen and oxygen atoms in total. The van der Waals surface area contributed by atoms with Crippen LogP contribution in [0.2, 0.25) is 0 Å². The first-order valence-electron chi connectivity index (χ1n) is 11.3. The minimum absolute atomic E-state index is 0.341. The predicted octanol–water partition coefficient (Wildman–Crippen LogP) is 6.63. The number of carbonyl (C=O) groups is 2. The highest BCUT2D eigenvalue weighted by atomic mass is 16.6. The van der Waals surface area contributed by atoms with Crippen LogP contribution in [0.4, 0.5) is 0 Å². The van der Waals surface area contributed by atoms with Crippen molar-refractivity contribution in [2.45, 2.75) is 52.2 Å². The zero-order valence-electron chi connectivity index (χ0n) is 20.7. The maximum absolute atomic E-state index is 12.8. The number of hydrogen-bond donors (Lipinski definition) is 0. The van der Waals surface area contributed by atoms with E-state index in [-0.39, 0.29) is 0 Å². The average molecular weight is 461 g/mol. The van der Waals surface area contributed by atoms with Gasteiger partial charge in [0, 0.05) is 6.42 Å². The van der Waals surface area contributed by atoms with E-state index < -0.39 is 23.1 Å². The van der Waals surface area contributed by atoms with Gasteiger partial charge in [0.1, 0.15) is 17.0 Å². The Hall–Kier alpha value is -3.60. The molecule has 0 aliphatic heterocycles. The Morgan fingerprint density at radius 2 is 1.03 bits per heavy atom. The molecule has 5 heteroatoms. The summed E-state index contributed by atoms with van der Waals surface area (Å²) < 4.78 is 16.7. The van der Waals surface area contributed by atoms with Gasteiger partial charge in [-0.2, -0.15) is 0 Å². The van der Waals surface area contributed by atoms with E-state index in [1.807, 2.05) is 83.1 Å². The highest BCUT2D eigenvalue weighted by molar-refractivity contribution is 5.90. The van der Waals surface area contributed by atoms with Crippen molar-refractivity contribution >= 4 is 11.9 Å². The lowest BCUT2D eigenvalue weighted by molar-refractivity contribution is -0.0587. The Kier molecular flexibility index (Phi) is 7.45. The maximum Gasteiger partial charge on any atom is 0.338 e. The van der Waals surface area contributed by atoms with Crippen molar-refractivity contribution < 1.29 is 23.8 Å². The molecular weight excluding hydrogens is 428 g/mol. The molecule has 0 atom stereocenters. The molecule has 0 spiro atoms. The van der Waals surface area contributed by atoms with Crippen LogP contribution >= 0.6 is 0 Å². The van der Waals surface area contributed by atoms with E-state index in [1.54, 1.807) is 31.4 Å². The summed E-state index contributed by atoms with van der Waals surface area (Å²) in [5.74, 6) is -0.0353. The molecule has 0 aromatic heterocycles. The van der Waals surface area contributed by atoms with Crippen LogP contribution in [0.5, 0.6) is 5.75 Å². The van der Waals surface area contributed by atoms with E-state index in [2.05, 4.69) is 0 Å². The first-order valence-corrected chi connectivity index (χ1v) is 11.3. The van der Waals surface area contributed by atoms with Gasteiger partial charge >= 0.3 is 11.9 Å². The topological polar surface area (TPSA) is 61.8 Å². The molecule has 0 amide bonds. The third-order valence-electron chi connectivity index (χ3n) is 5.42. The fourth-order valence-electron chi connectivity index (χ4n) is 3.99. The summed E-state index contributed by atoms with van der Waals surface area (Å²) in [7, 11) is 1.63. The number of carbonyl (C=O) groups excluding carboxylic acids is 2. The minimum Gasteiger partial charge on any atom is -0.497 e. The Morgan fingerprint density at radius 3 is 1.44 bits per heavy atom. The molecule has 0 heterocycles. The van der Waals surface area contributed by atoms with Crippen LogP contribution in [0.15, 0.2) is 72.8 Å². The standard InChI is InChI=1S/C29H32O5/c1-20-7-9-23(10-8-20)26(30)33-28(2,3)19-29(4,5)34-27(31)24-13-11-21(12-14-24)22-15-17-25(32-6)18-16-22/h7-18H,19H2,1-6H3. The summed E-state index contributed by atoms with van der Waals surface area (Å²) >= 11 is 0. The van der Waals surface area contributed by atoms with E-state index in [0.29, 0.717) is 17.5 Å². The van der Waals surface area contributed by atoms with Crippen LogP contribution in [0.1, 0.15) is 60.4 Å². The summed E-state index contributed by atoms with van der Waals surface area (Å²) in [5.41, 5.74) is 2.36. The number of ether oxygens (including phenoxy) is 3.